The molecule has 1 amide bonds. The summed E-state index contributed by atoms with van der Waals surface area (Å²) in [5.41, 5.74) is 0.660. The zero-order valence-corrected chi connectivity index (χ0v) is 11.5. The molecule has 0 saturated carbocycles. The molecule has 1 fully saturated rings. The van der Waals surface area contributed by atoms with E-state index in [0.717, 1.165) is 30.4 Å². The van der Waals surface area contributed by atoms with Crippen molar-refractivity contribution < 1.29 is 14.3 Å². The molecule has 1 aromatic carbocycles. The lowest BCUT2D eigenvalue weighted by atomic mass is 10.1. The van der Waals surface area contributed by atoms with E-state index in [2.05, 4.69) is 15.9 Å². The minimum atomic E-state index is 0.0742. The number of hydrogen-bond acceptors (Lipinski definition) is 3. The van der Waals surface area contributed by atoms with Crippen molar-refractivity contribution in [3.63, 3.8) is 0 Å². The van der Waals surface area contributed by atoms with Crippen molar-refractivity contribution in [3.8, 4) is 11.5 Å². The topological polar surface area (TPSA) is 38.8 Å². The second kappa shape index (κ2) is 4.80. The molecule has 1 saturated heterocycles. The number of benzene rings is 1. The van der Waals surface area contributed by atoms with Gasteiger partial charge < -0.3 is 14.4 Å². The monoisotopic (exact) mass is 311 g/mol. The van der Waals surface area contributed by atoms with Crippen LogP contribution in [-0.4, -0.2) is 37.1 Å². The lowest BCUT2D eigenvalue weighted by Gasteiger charge is -2.21. The molecule has 18 heavy (non-hydrogen) atoms. The van der Waals surface area contributed by atoms with Gasteiger partial charge in [0.25, 0.3) is 5.91 Å². The van der Waals surface area contributed by atoms with Crippen molar-refractivity contribution >= 4 is 21.8 Å². The molecule has 96 valence electrons. The zero-order valence-electron chi connectivity index (χ0n) is 9.95. The Kier molecular flexibility index (Phi) is 3.16. The summed E-state index contributed by atoms with van der Waals surface area (Å²) in [6, 6.07) is 3.59. The molecule has 0 aromatic heterocycles. The van der Waals surface area contributed by atoms with Gasteiger partial charge >= 0.3 is 0 Å². The second-order valence-electron chi connectivity index (χ2n) is 4.48. The molecule has 4 nitrogen and oxygen atoms in total. The SMILES string of the molecule is O=C(c1cc(Br)c2c(c1)OCCO2)N1CCCC1. The Labute approximate surface area is 114 Å². The van der Waals surface area contributed by atoms with Gasteiger partial charge in [-0.2, -0.15) is 0 Å². The van der Waals surface area contributed by atoms with Crippen molar-refractivity contribution in [2.24, 2.45) is 0 Å². The van der Waals surface area contributed by atoms with Gasteiger partial charge in [-0.3, -0.25) is 4.79 Å². The summed E-state index contributed by atoms with van der Waals surface area (Å²) in [4.78, 5) is 14.2. The predicted molar refractivity (Wildman–Crippen MR) is 70.3 cm³/mol. The summed E-state index contributed by atoms with van der Waals surface area (Å²) in [5.74, 6) is 1.42. The van der Waals surface area contributed by atoms with E-state index < -0.39 is 0 Å². The molecule has 0 aliphatic carbocycles. The maximum atomic E-state index is 12.3. The summed E-state index contributed by atoms with van der Waals surface area (Å²) < 4.78 is 11.8. The van der Waals surface area contributed by atoms with E-state index in [1.165, 1.54) is 0 Å². The highest BCUT2D eigenvalue weighted by atomic mass is 79.9. The van der Waals surface area contributed by atoms with Gasteiger partial charge in [-0.1, -0.05) is 0 Å². The number of carbonyl (C=O) groups is 1. The fourth-order valence-electron chi connectivity index (χ4n) is 2.34. The third-order valence-electron chi connectivity index (χ3n) is 3.24. The molecule has 2 heterocycles. The third kappa shape index (κ3) is 2.07. The molecule has 1 aromatic rings. The largest absolute Gasteiger partial charge is 0.486 e. The summed E-state index contributed by atoms with van der Waals surface area (Å²) >= 11 is 3.43. The van der Waals surface area contributed by atoms with E-state index in [1.54, 1.807) is 6.07 Å². The maximum Gasteiger partial charge on any atom is 0.254 e. The van der Waals surface area contributed by atoms with E-state index >= 15 is 0 Å². The van der Waals surface area contributed by atoms with Crippen molar-refractivity contribution in [1.82, 2.24) is 4.90 Å². The van der Waals surface area contributed by atoms with Gasteiger partial charge in [0.2, 0.25) is 0 Å². The molecule has 0 atom stereocenters. The quantitative estimate of drug-likeness (QED) is 0.799. The smallest absolute Gasteiger partial charge is 0.254 e. The van der Waals surface area contributed by atoms with Crippen LogP contribution in [0, 0.1) is 0 Å². The molecule has 0 N–H and O–H groups in total. The molecule has 0 radical (unpaired) electrons. The standard InChI is InChI=1S/C13H14BrNO3/c14-10-7-9(13(16)15-3-1-2-4-15)8-11-12(10)18-6-5-17-11/h7-8H,1-6H2. The molecular formula is C13H14BrNO3. The normalized spacial score (nSPS) is 17.9. The van der Waals surface area contributed by atoms with E-state index in [1.807, 2.05) is 11.0 Å². The van der Waals surface area contributed by atoms with E-state index in [9.17, 15) is 4.79 Å². The van der Waals surface area contributed by atoms with Crippen molar-refractivity contribution in [3.05, 3.63) is 22.2 Å². The number of amides is 1. The van der Waals surface area contributed by atoms with Crippen LogP contribution in [0.25, 0.3) is 0 Å². The van der Waals surface area contributed by atoms with Gasteiger partial charge in [0, 0.05) is 18.7 Å². The Morgan fingerprint density at radius 2 is 1.89 bits per heavy atom. The first-order valence-electron chi connectivity index (χ1n) is 6.14. The summed E-state index contributed by atoms with van der Waals surface area (Å²) in [6.07, 6.45) is 2.19. The van der Waals surface area contributed by atoms with Crippen LogP contribution in [0.15, 0.2) is 16.6 Å². The van der Waals surface area contributed by atoms with Crippen LogP contribution in [0.1, 0.15) is 23.2 Å². The molecule has 0 spiro atoms. The number of rotatable bonds is 1. The van der Waals surface area contributed by atoms with Gasteiger partial charge in [-0.15, -0.1) is 0 Å². The lowest BCUT2D eigenvalue weighted by Crippen LogP contribution is -2.28. The minimum absolute atomic E-state index is 0.0742. The van der Waals surface area contributed by atoms with Gasteiger partial charge in [0.15, 0.2) is 11.5 Å². The molecule has 2 aliphatic heterocycles. The Balaban J connectivity index is 1.92. The van der Waals surface area contributed by atoms with E-state index in [4.69, 9.17) is 9.47 Å². The van der Waals surface area contributed by atoms with Gasteiger partial charge in [-0.25, -0.2) is 0 Å². The molecular weight excluding hydrogens is 298 g/mol. The average Bonchev–Trinajstić information content (AvgIpc) is 2.91. The Hall–Kier alpha value is -1.23. The van der Waals surface area contributed by atoms with Crippen LogP contribution in [0.4, 0.5) is 0 Å². The van der Waals surface area contributed by atoms with Crippen molar-refractivity contribution in [1.29, 1.82) is 0 Å². The van der Waals surface area contributed by atoms with Crippen LogP contribution in [0.5, 0.6) is 11.5 Å². The summed E-state index contributed by atoms with van der Waals surface area (Å²) in [7, 11) is 0. The maximum absolute atomic E-state index is 12.3. The average molecular weight is 312 g/mol. The third-order valence-corrected chi connectivity index (χ3v) is 3.83. The van der Waals surface area contributed by atoms with Gasteiger partial charge in [0.05, 0.1) is 4.47 Å². The minimum Gasteiger partial charge on any atom is -0.486 e. The number of hydrogen-bond donors (Lipinski definition) is 0. The Morgan fingerprint density at radius 3 is 2.67 bits per heavy atom. The number of ether oxygens (including phenoxy) is 2. The Morgan fingerprint density at radius 1 is 1.17 bits per heavy atom. The zero-order chi connectivity index (χ0) is 12.5. The number of halogens is 1. The number of likely N-dealkylation sites (tertiary alicyclic amines) is 1. The highest BCUT2D eigenvalue weighted by Gasteiger charge is 2.23. The fraction of sp³-hybridized carbons (Fsp3) is 0.462. The first-order valence-corrected chi connectivity index (χ1v) is 6.93. The number of fused-ring (bicyclic) bond motifs is 1. The van der Waals surface area contributed by atoms with Crippen LogP contribution in [0.2, 0.25) is 0 Å². The van der Waals surface area contributed by atoms with Gasteiger partial charge in [0.1, 0.15) is 13.2 Å². The second-order valence-corrected chi connectivity index (χ2v) is 5.34. The van der Waals surface area contributed by atoms with E-state index in [-0.39, 0.29) is 5.91 Å². The van der Waals surface area contributed by atoms with Crippen molar-refractivity contribution in [2.75, 3.05) is 26.3 Å². The van der Waals surface area contributed by atoms with Crippen molar-refractivity contribution in [2.45, 2.75) is 12.8 Å². The first kappa shape index (κ1) is 11.8. The molecule has 0 bridgehead atoms. The molecule has 0 unspecified atom stereocenters. The van der Waals surface area contributed by atoms with Crippen LogP contribution >= 0.6 is 15.9 Å². The van der Waals surface area contributed by atoms with Gasteiger partial charge in [-0.05, 0) is 40.9 Å². The van der Waals surface area contributed by atoms with Crippen LogP contribution in [0.3, 0.4) is 0 Å². The molecule has 5 heteroatoms. The highest BCUT2D eigenvalue weighted by molar-refractivity contribution is 9.10. The molecule has 3 rings (SSSR count). The number of carbonyl (C=O) groups excluding carboxylic acids is 1. The number of nitrogens with zero attached hydrogens (tertiary/aromatic N) is 1. The van der Waals surface area contributed by atoms with E-state index in [0.29, 0.717) is 30.3 Å². The Bertz CT molecular complexity index is 483. The first-order chi connectivity index (χ1) is 8.75. The highest BCUT2D eigenvalue weighted by Crippen LogP contribution is 2.38. The predicted octanol–water partition coefficient (Wildman–Crippen LogP) is 2.46. The van der Waals surface area contributed by atoms with Crippen LogP contribution < -0.4 is 9.47 Å². The fourth-order valence-corrected chi connectivity index (χ4v) is 2.89. The molecule has 2 aliphatic rings. The summed E-state index contributed by atoms with van der Waals surface area (Å²) in [6.45, 7) is 2.78. The summed E-state index contributed by atoms with van der Waals surface area (Å²) in [5, 5.41) is 0. The van der Waals surface area contributed by atoms with Crippen LogP contribution in [-0.2, 0) is 0 Å². The lowest BCUT2D eigenvalue weighted by molar-refractivity contribution is 0.0791.